The lowest BCUT2D eigenvalue weighted by Crippen LogP contribution is -2.40. The molecule has 1 aliphatic rings. The van der Waals surface area contributed by atoms with Crippen molar-refractivity contribution in [1.82, 2.24) is 20.1 Å². The van der Waals surface area contributed by atoms with E-state index in [0.29, 0.717) is 24.5 Å². The van der Waals surface area contributed by atoms with E-state index in [0.717, 1.165) is 16.8 Å². The summed E-state index contributed by atoms with van der Waals surface area (Å²) in [5.74, 6) is 1.22. The summed E-state index contributed by atoms with van der Waals surface area (Å²) in [5, 5.41) is 6.99. The third kappa shape index (κ3) is 2.64. The van der Waals surface area contributed by atoms with Gasteiger partial charge in [-0.3, -0.25) is 14.5 Å². The number of pyridine rings is 1. The number of rotatable bonds is 3. The van der Waals surface area contributed by atoms with Crippen LogP contribution in [0.4, 0.5) is 0 Å². The maximum absolute atomic E-state index is 12.3. The predicted molar refractivity (Wildman–Crippen MR) is 87.2 cm³/mol. The zero-order valence-corrected chi connectivity index (χ0v) is 13.1. The third-order valence-electron chi connectivity index (χ3n) is 3.92. The number of fused-ring (bicyclic) bond motifs is 2. The fourth-order valence-corrected chi connectivity index (χ4v) is 2.62. The minimum atomic E-state index is -0.225. The van der Waals surface area contributed by atoms with Gasteiger partial charge in [0.25, 0.3) is 5.91 Å². The molecule has 0 aliphatic carbocycles. The van der Waals surface area contributed by atoms with Crippen LogP contribution in [0.5, 0.6) is 11.5 Å². The predicted octanol–water partition coefficient (Wildman–Crippen LogP) is 1.54. The van der Waals surface area contributed by atoms with E-state index >= 15 is 0 Å². The Bertz CT molecular complexity index is 906. The van der Waals surface area contributed by atoms with Crippen LogP contribution in [0, 0.1) is 0 Å². The van der Waals surface area contributed by atoms with Crippen molar-refractivity contribution in [3.05, 3.63) is 48.3 Å². The van der Waals surface area contributed by atoms with Gasteiger partial charge in [0.05, 0.1) is 23.8 Å². The molecule has 0 bridgehead atoms. The molecule has 122 valence electrons. The molecule has 3 aromatic rings. The Kier molecular flexibility index (Phi) is 3.53. The largest absolute Gasteiger partial charge is 0.486 e. The highest BCUT2D eigenvalue weighted by molar-refractivity contribution is 5.96. The van der Waals surface area contributed by atoms with Gasteiger partial charge in [-0.2, -0.15) is 5.10 Å². The van der Waals surface area contributed by atoms with Crippen LogP contribution in [-0.4, -0.2) is 39.9 Å². The molecule has 1 aromatic carbocycles. The normalized spacial score (nSPS) is 16.1. The average Bonchev–Trinajstić information content (AvgIpc) is 3.00. The zero-order chi connectivity index (χ0) is 16.5. The van der Waals surface area contributed by atoms with Gasteiger partial charge in [0.2, 0.25) is 0 Å². The molecule has 7 nitrogen and oxygen atoms in total. The van der Waals surface area contributed by atoms with Gasteiger partial charge < -0.3 is 14.8 Å². The molecule has 1 aliphatic heterocycles. The van der Waals surface area contributed by atoms with E-state index in [1.807, 2.05) is 31.3 Å². The van der Waals surface area contributed by atoms with E-state index < -0.39 is 0 Å². The Morgan fingerprint density at radius 1 is 1.33 bits per heavy atom. The molecule has 0 saturated carbocycles. The van der Waals surface area contributed by atoms with Crippen molar-refractivity contribution in [2.45, 2.75) is 6.10 Å². The quantitative estimate of drug-likeness (QED) is 0.790. The number of amides is 1. The monoisotopic (exact) mass is 324 g/mol. The molecule has 24 heavy (non-hydrogen) atoms. The molecule has 1 atom stereocenters. The second-order valence-electron chi connectivity index (χ2n) is 5.60. The summed E-state index contributed by atoms with van der Waals surface area (Å²) in [5.41, 5.74) is 2.06. The van der Waals surface area contributed by atoms with Crippen molar-refractivity contribution < 1.29 is 14.3 Å². The van der Waals surface area contributed by atoms with Gasteiger partial charge in [-0.1, -0.05) is 12.1 Å². The fourth-order valence-electron chi connectivity index (χ4n) is 2.62. The van der Waals surface area contributed by atoms with E-state index in [2.05, 4.69) is 15.4 Å². The molecule has 0 radical (unpaired) electrons. The molecule has 3 heterocycles. The van der Waals surface area contributed by atoms with Gasteiger partial charge in [0, 0.05) is 13.2 Å². The van der Waals surface area contributed by atoms with Gasteiger partial charge >= 0.3 is 0 Å². The number of ether oxygens (including phenoxy) is 2. The molecule has 4 rings (SSSR count). The maximum Gasteiger partial charge on any atom is 0.253 e. The molecule has 7 heteroatoms. The van der Waals surface area contributed by atoms with Crippen molar-refractivity contribution in [2.75, 3.05) is 13.2 Å². The topological polar surface area (TPSA) is 78.3 Å². The highest BCUT2D eigenvalue weighted by Crippen LogP contribution is 2.30. The fraction of sp³-hybridized carbons (Fsp3) is 0.235. The first-order chi connectivity index (χ1) is 11.7. The minimum absolute atomic E-state index is 0.201. The lowest BCUT2D eigenvalue weighted by atomic mass is 10.2. The van der Waals surface area contributed by atoms with Crippen LogP contribution in [0.15, 0.2) is 42.7 Å². The van der Waals surface area contributed by atoms with Crippen LogP contribution in [0.1, 0.15) is 10.4 Å². The van der Waals surface area contributed by atoms with Gasteiger partial charge in [-0.25, -0.2) is 0 Å². The van der Waals surface area contributed by atoms with Crippen molar-refractivity contribution in [3.63, 3.8) is 0 Å². The summed E-state index contributed by atoms with van der Waals surface area (Å²) >= 11 is 0. The van der Waals surface area contributed by atoms with Gasteiger partial charge in [0.15, 0.2) is 11.5 Å². The molecule has 1 unspecified atom stereocenters. The summed E-state index contributed by atoms with van der Waals surface area (Å²) in [7, 11) is 1.82. The summed E-state index contributed by atoms with van der Waals surface area (Å²) in [6.07, 6.45) is 2.99. The SMILES string of the molecule is Cn1ncc2ncc(C(=O)NCC3COc4ccccc4O3)cc21. The smallest absolute Gasteiger partial charge is 0.253 e. The average molecular weight is 324 g/mol. The molecule has 0 fully saturated rings. The zero-order valence-electron chi connectivity index (χ0n) is 13.1. The first kappa shape index (κ1) is 14.5. The third-order valence-corrected chi connectivity index (χ3v) is 3.92. The molecule has 2 aromatic heterocycles. The number of benzene rings is 1. The van der Waals surface area contributed by atoms with E-state index in [1.165, 1.54) is 0 Å². The Morgan fingerprint density at radius 3 is 3.04 bits per heavy atom. The number of para-hydroxylation sites is 2. The molecular weight excluding hydrogens is 308 g/mol. The second kappa shape index (κ2) is 5.84. The van der Waals surface area contributed by atoms with Crippen LogP contribution in [0.25, 0.3) is 11.0 Å². The number of nitrogens with one attached hydrogen (secondary N) is 1. The van der Waals surface area contributed by atoms with Crippen molar-refractivity contribution in [3.8, 4) is 11.5 Å². The van der Waals surface area contributed by atoms with E-state index in [-0.39, 0.29) is 12.0 Å². The van der Waals surface area contributed by atoms with Gasteiger partial charge in [0.1, 0.15) is 18.2 Å². The standard InChI is InChI=1S/C17H16N4O3/c1-21-14-6-11(7-18-13(14)9-20-21)17(22)19-8-12-10-23-15-4-2-3-5-16(15)24-12/h2-7,9,12H,8,10H2,1H3,(H,19,22). The van der Waals surface area contributed by atoms with Crippen LogP contribution < -0.4 is 14.8 Å². The van der Waals surface area contributed by atoms with Crippen molar-refractivity contribution in [2.24, 2.45) is 7.05 Å². The highest BCUT2D eigenvalue weighted by Gasteiger charge is 2.21. The van der Waals surface area contributed by atoms with E-state index in [9.17, 15) is 4.79 Å². The second-order valence-corrected chi connectivity index (χ2v) is 5.60. The van der Waals surface area contributed by atoms with Crippen molar-refractivity contribution in [1.29, 1.82) is 0 Å². The van der Waals surface area contributed by atoms with Crippen LogP contribution in [-0.2, 0) is 7.05 Å². The Hall–Kier alpha value is -3.09. The lowest BCUT2D eigenvalue weighted by molar-refractivity contribution is 0.0789. The van der Waals surface area contributed by atoms with E-state index in [4.69, 9.17) is 9.47 Å². The first-order valence-corrected chi connectivity index (χ1v) is 7.65. The van der Waals surface area contributed by atoms with Crippen LogP contribution >= 0.6 is 0 Å². The summed E-state index contributed by atoms with van der Waals surface area (Å²) in [6, 6.07) is 9.27. The van der Waals surface area contributed by atoms with Crippen LogP contribution in [0.3, 0.4) is 0 Å². The van der Waals surface area contributed by atoms with E-state index in [1.54, 1.807) is 23.1 Å². The molecule has 0 saturated heterocycles. The molecular formula is C17H16N4O3. The van der Waals surface area contributed by atoms with Gasteiger partial charge in [-0.05, 0) is 18.2 Å². The Labute approximate surface area is 138 Å². The molecule has 1 amide bonds. The number of hydrogen-bond acceptors (Lipinski definition) is 5. The van der Waals surface area contributed by atoms with Gasteiger partial charge in [-0.15, -0.1) is 0 Å². The number of carbonyl (C=O) groups is 1. The number of aromatic nitrogens is 3. The molecule has 0 spiro atoms. The maximum atomic E-state index is 12.3. The first-order valence-electron chi connectivity index (χ1n) is 7.65. The Balaban J connectivity index is 1.42. The van der Waals surface area contributed by atoms with Crippen LogP contribution in [0.2, 0.25) is 0 Å². The molecule has 1 N–H and O–H groups in total. The summed E-state index contributed by atoms with van der Waals surface area (Å²) in [6.45, 7) is 0.757. The minimum Gasteiger partial charge on any atom is -0.486 e. The number of nitrogens with zero attached hydrogens (tertiary/aromatic N) is 3. The lowest BCUT2D eigenvalue weighted by Gasteiger charge is -2.26. The number of hydrogen-bond donors (Lipinski definition) is 1. The number of carbonyl (C=O) groups excluding carboxylic acids is 1. The summed E-state index contributed by atoms with van der Waals surface area (Å²) in [4.78, 5) is 16.6. The summed E-state index contributed by atoms with van der Waals surface area (Å²) < 4.78 is 13.2. The Morgan fingerprint density at radius 2 is 2.17 bits per heavy atom. The highest BCUT2D eigenvalue weighted by atomic mass is 16.6. The van der Waals surface area contributed by atoms with Crippen molar-refractivity contribution >= 4 is 16.9 Å². The number of aryl methyl sites for hydroxylation is 1.